The zero-order valence-corrected chi connectivity index (χ0v) is 16.8. The van der Waals surface area contributed by atoms with Crippen LogP contribution in [0.15, 0.2) is 30.3 Å². The van der Waals surface area contributed by atoms with Gasteiger partial charge >= 0.3 is 12.2 Å². The van der Waals surface area contributed by atoms with Gasteiger partial charge in [-0.1, -0.05) is 30.3 Å². The molecule has 1 saturated heterocycles. The van der Waals surface area contributed by atoms with Crippen LogP contribution in [0, 0.1) is 0 Å². The molecule has 0 radical (unpaired) electrons. The maximum absolute atomic E-state index is 12.4. The molecule has 1 aliphatic rings. The Bertz CT molecular complexity index is 629. The summed E-state index contributed by atoms with van der Waals surface area (Å²) in [5, 5.41) is 0. The SMILES string of the molecule is CO[C@@H]1CN(C(=O)OC(C)(C)C)CC[C@H]1N(C)C(=O)OCc1ccccc1. The summed E-state index contributed by atoms with van der Waals surface area (Å²) in [6.07, 6.45) is -0.483. The van der Waals surface area contributed by atoms with Gasteiger partial charge in [0.2, 0.25) is 0 Å². The summed E-state index contributed by atoms with van der Waals surface area (Å²) in [5.74, 6) is 0. The Morgan fingerprint density at radius 1 is 1.22 bits per heavy atom. The van der Waals surface area contributed by atoms with Crippen molar-refractivity contribution < 1.29 is 23.8 Å². The number of ether oxygens (including phenoxy) is 3. The van der Waals surface area contributed by atoms with Crippen LogP contribution in [0.5, 0.6) is 0 Å². The van der Waals surface area contributed by atoms with Gasteiger partial charge in [0, 0.05) is 20.7 Å². The maximum atomic E-state index is 12.4. The molecule has 1 aromatic rings. The molecule has 0 unspecified atom stereocenters. The van der Waals surface area contributed by atoms with Crippen molar-refractivity contribution in [2.45, 2.75) is 51.5 Å². The lowest BCUT2D eigenvalue weighted by Gasteiger charge is -2.41. The molecule has 150 valence electrons. The number of piperidine rings is 1. The summed E-state index contributed by atoms with van der Waals surface area (Å²) >= 11 is 0. The smallest absolute Gasteiger partial charge is 0.410 e. The maximum Gasteiger partial charge on any atom is 0.410 e. The molecule has 27 heavy (non-hydrogen) atoms. The zero-order valence-electron chi connectivity index (χ0n) is 16.8. The highest BCUT2D eigenvalue weighted by Gasteiger charge is 2.37. The van der Waals surface area contributed by atoms with Crippen molar-refractivity contribution in [1.82, 2.24) is 9.80 Å². The van der Waals surface area contributed by atoms with Crippen LogP contribution in [0.25, 0.3) is 0 Å². The van der Waals surface area contributed by atoms with Gasteiger partial charge in [0.1, 0.15) is 12.2 Å². The van der Waals surface area contributed by atoms with E-state index in [0.717, 1.165) is 5.56 Å². The van der Waals surface area contributed by atoms with E-state index in [1.54, 1.807) is 24.0 Å². The Balaban J connectivity index is 1.91. The normalized spacial score (nSPS) is 20.1. The summed E-state index contributed by atoms with van der Waals surface area (Å²) in [6, 6.07) is 9.37. The molecule has 2 atom stereocenters. The van der Waals surface area contributed by atoms with Gasteiger partial charge in [-0.3, -0.25) is 0 Å². The predicted molar refractivity (Wildman–Crippen MR) is 101 cm³/mol. The van der Waals surface area contributed by atoms with E-state index in [4.69, 9.17) is 14.2 Å². The van der Waals surface area contributed by atoms with Crippen molar-refractivity contribution in [3.63, 3.8) is 0 Å². The van der Waals surface area contributed by atoms with Crippen LogP contribution in [0.4, 0.5) is 9.59 Å². The number of amides is 2. The highest BCUT2D eigenvalue weighted by molar-refractivity contribution is 5.69. The van der Waals surface area contributed by atoms with Crippen molar-refractivity contribution in [3.8, 4) is 0 Å². The van der Waals surface area contributed by atoms with Crippen LogP contribution in [0.1, 0.15) is 32.8 Å². The Hall–Kier alpha value is -2.28. The van der Waals surface area contributed by atoms with Crippen LogP contribution >= 0.6 is 0 Å². The number of rotatable bonds is 4. The van der Waals surface area contributed by atoms with Crippen molar-refractivity contribution in [1.29, 1.82) is 0 Å². The topological polar surface area (TPSA) is 68.3 Å². The lowest BCUT2D eigenvalue weighted by molar-refractivity contribution is -0.0399. The minimum atomic E-state index is -0.547. The van der Waals surface area contributed by atoms with Crippen LogP contribution in [0.2, 0.25) is 0 Å². The summed E-state index contributed by atoms with van der Waals surface area (Å²) in [4.78, 5) is 27.9. The van der Waals surface area contributed by atoms with Crippen LogP contribution in [-0.2, 0) is 20.8 Å². The largest absolute Gasteiger partial charge is 0.445 e. The van der Waals surface area contributed by atoms with Gasteiger partial charge in [0.15, 0.2) is 0 Å². The zero-order chi connectivity index (χ0) is 20.0. The third kappa shape index (κ3) is 6.13. The summed E-state index contributed by atoms with van der Waals surface area (Å²) < 4.78 is 16.4. The minimum Gasteiger partial charge on any atom is -0.445 e. The molecule has 2 rings (SSSR count). The summed E-state index contributed by atoms with van der Waals surface area (Å²) in [5.41, 5.74) is 0.386. The fourth-order valence-corrected chi connectivity index (χ4v) is 3.03. The van der Waals surface area contributed by atoms with E-state index in [2.05, 4.69) is 0 Å². The van der Waals surface area contributed by atoms with E-state index in [0.29, 0.717) is 19.5 Å². The number of likely N-dealkylation sites (tertiary alicyclic amines) is 1. The first kappa shape index (κ1) is 21.0. The van der Waals surface area contributed by atoms with Crippen LogP contribution in [-0.4, -0.2) is 67.0 Å². The van der Waals surface area contributed by atoms with Crippen molar-refractivity contribution >= 4 is 12.2 Å². The predicted octanol–water partition coefficient (Wildman–Crippen LogP) is 3.28. The number of hydrogen-bond donors (Lipinski definition) is 0. The number of carbonyl (C=O) groups is 2. The molecule has 1 aliphatic heterocycles. The molecule has 0 N–H and O–H groups in total. The number of carbonyl (C=O) groups excluding carboxylic acids is 2. The molecule has 0 aromatic heterocycles. The molecule has 1 heterocycles. The van der Waals surface area contributed by atoms with E-state index < -0.39 is 11.7 Å². The van der Waals surface area contributed by atoms with Gasteiger partial charge in [-0.25, -0.2) is 9.59 Å². The fraction of sp³-hybridized carbons (Fsp3) is 0.600. The molecule has 7 heteroatoms. The molecule has 0 saturated carbocycles. The summed E-state index contributed by atoms with van der Waals surface area (Å²) in [7, 11) is 3.28. The average Bonchev–Trinajstić information content (AvgIpc) is 2.64. The third-order valence-corrected chi connectivity index (χ3v) is 4.47. The third-order valence-electron chi connectivity index (χ3n) is 4.47. The second kappa shape index (κ2) is 9.08. The number of benzene rings is 1. The molecular weight excluding hydrogens is 348 g/mol. The molecule has 0 bridgehead atoms. The first-order valence-electron chi connectivity index (χ1n) is 9.15. The van der Waals surface area contributed by atoms with E-state index in [1.807, 2.05) is 51.1 Å². The average molecular weight is 378 g/mol. The molecule has 1 fully saturated rings. The highest BCUT2D eigenvalue weighted by atomic mass is 16.6. The minimum absolute atomic E-state index is 0.169. The summed E-state index contributed by atoms with van der Waals surface area (Å²) in [6.45, 7) is 6.59. The Morgan fingerprint density at radius 2 is 1.89 bits per heavy atom. The van der Waals surface area contributed by atoms with E-state index in [-0.39, 0.29) is 24.8 Å². The number of hydrogen-bond acceptors (Lipinski definition) is 5. The highest BCUT2D eigenvalue weighted by Crippen LogP contribution is 2.21. The molecule has 1 aromatic carbocycles. The van der Waals surface area contributed by atoms with Gasteiger partial charge in [0.25, 0.3) is 0 Å². The van der Waals surface area contributed by atoms with E-state index in [1.165, 1.54) is 0 Å². The Morgan fingerprint density at radius 3 is 2.48 bits per heavy atom. The van der Waals surface area contributed by atoms with E-state index in [9.17, 15) is 9.59 Å². The molecular formula is C20H30N2O5. The Labute approximate surface area is 161 Å². The lowest BCUT2D eigenvalue weighted by atomic mass is 10.0. The lowest BCUT2D eigenvalue weighted by Crippen LogP contribution is -2.57. The first-order chi connectivity index (χ1) is 12.7. The molecule has 2 amide bonds. The monoisotopic (exact) mass is 378 g/mol. The van der Waals surface area contributed by atoms with Crippen molar-refractivity contribution in [3.05, 3.63) is 35.9 Å². The van der Waals surface area contributed by atoms with Gasteiger partial charge in [0.05, 0.1) is 18.7 Å². The fourth-order valence-electron chi connectivity index (χ4n) is 3.03. The molecule has 0 aliphatic carbocycles. The van der Waals surface area contributed by atoms with Crippen molar-refractivity contribution in [2.75, 3.05) is 27.2 Å². The quantitative estimate of drug-likeness (QED) is 0.804. The number of nitrogens with zero attached hydrogens (tertiary/aromatic N) is 2. The second-order valence-corrected chi connectivity index (χ2v) is 7.71. The van der Waals surface area contributed by atoms with Crippen LogP contribution in [0.3, 0.4) is 0 Å². The molecule has 0 spiro atoms. The van der Waals surface area contributed by atoms with Gasteiger partial charge in [-0.15, -0.1) is 0 Å². The Kier molecular flexibility index (Phi) is 7.07. The van der Waals surface area contributed by atoms with Crippen molar-refractivity contribution in [2.24, 2.45) is 0 Å². The number of methoxy groups -OCH3 is 1. The second-order valence-electron chi connectivity index (χ2n) is 7.71. The standard InChI is InChI=1S/C20H30N2O5/c1-20(2,3)27-19(24)22-12-11-16(17(13-22)25-5)21(4)18(23)26-14-15-9-7-6-8-10-15/h6-10,16-17H,11-14H2,1-5H3/t16-,17-/m1/s1. The van der Waals surface area contributed by atoms with Gasteiger partial charge in [-0.2, -0.15) is 0 Å². The van der Waals surface area contributed by atoms with Crippen LogP contribution < -0.4 is 0 Å². The molecule has 7 nitrogen and oxygen atoms in total. The number of likely N-dealkylation sites (N-methyl/N-ethyl adjacent to an activating group) is 1. The van der Waals surface area contributed by atoms with Gasteiger partial charge in [-0.05, 0) is 32.8 Å². The van der Waals surface area contributed by atoms with Gasteiger partial charge < -0.3 is 24.0 Å². The first-order valence-corrected chi connectivity index (χ1v) is 9.15. The van der Waals surface area contributed by atoms with E-state index >= 15 is 0 Å².